The summed E-state index contributed by atoms with van der Waals surface area (Å²) in [6, 6.07) is 0.338. The summed E-state index contributed by atoms with van der Waals surface area (Å²) >= 11 is 0. The zero-order chi connectivity index (χ0) is 9.80. The minimum Gasteiger partial charge on any atom is -0.331 e. The highest BCUT2D eigenvalue weighted by molar-refractivity contribution is 5.89. The van der Waals surface area contributed by atoms with Crippen LogP contribution in [0.1, 0.15) is 19.3 Å². The van der Waals surface area contributed by atoms with E-state index < -0.39 is 0 Å². The quantitative estimate of drug-likeness (QED) is 0.656. The molecule has 5 heteroatoms. The molecule has 2 heterocycles. The lowest BCUT2D eigenvalue weighted by atomic mass is 10.1. The molecule has 1 saturated heterocycles. The van der Waals surface area contributed by atoms with Gasteiger partial charge in [-0.3, -0.25) is 10.1 Å². The molecule has 1 aromatic heterocycles. The van der Waals surface area contributed by atoms with Crippen LogP contribution in [-0.4, -0.2) is 28.5 Å². The van der Waals surface area contributed by atoms with Gasteiger partial charge in [0.1, 0.15) is 0 Å². The first-order chi connectivity index (χ1) is 6.84. The fourth-order valence-electron chi connectivity index (χ4n) is 1.67. The van der Waals surface area contributed by atoms with Crippen LogP contribution in [-0.2, 0) is 4.79 Å². The molecule has 0 bridgehead atoms. The van der Waals surface area contributed by atoms with E-state index in [-0.39, 0.29) is 5.91 Å². The van der Waals surface area contributed by atoms with Crippen LogP contribution in [0.3, 0.4) is 0 Å². The molecule has 1 atom stereocenters. The van der Waals surface area contributed by atoms with E-state index in [4.69, 9.17) is 0 Å². The van der Waals surface area contributed by atoms with Gasteiger partial charge in [-0.1, -0.05) is 0 Å². The third-order valence-corrected chi connectivity index (χ3v) is 2.35. The van der Waals surface area contributed by atoms with Crippen molar-refractivity contribution in [1.29, 1.82) is 0 Å². The number of aromatic amines is 1. The highest BCUT2D eigenvalue weighted by Gasteiger charge is 2.17. The fourth-order valence-corrected chi connectivity index (χ4v) is 1.67. The zero-order valence-electron chi connectivity index (χ0n) is 7.92. The first-order valence-electron chi connectivity index (χ1n) is 4.87. The number of carbonyl (C=O) groups is 1. The van der Waals surface area contributed by atoms with E-state index >= 15 is 0 Å². The van der Waals surface area contributed by atoms with Crippen molar-refractivity contribution in [1.82, 2.24) is 15.3 Å². The molecule has 0 aliphatic carbocycles. The molecular weight excluding hydrogens is 180 g/mol. The van der Waals surface area contributed by atoms with E-state index in [0.717, 1.165) is 13.0 Å². The Hall–Kier alpha value is -1.36. The number of H-pyrrole nitrogens is 1. The summed E-state index contributed by atoms with van der Waals surface area (Å²) in [5.74, 6) is 0.535. The van der Waals surface area contributed by atoms with Crippen LogP contribution in [0.25, 0.3) is 0 Å². The van der Waals surface area contributed by atoms with Gasteiger partial charge < -0.3 is 10.3 Å². The number of amides is 1. The molecule has 1 aliphatic heterocycles. The number of hydrogen-bond acceptors (Lipinski definition) is 3. The number of nitrogens with zero attached hydrogens (tertiary/aromatic N) is 1. The molecule has 0 aromatic carbocycles. The summed E-state index contributed by atoms with van der Waals surface area (Å²) < 4.78 is 0. The van der Waals surface area contributed by atoms with E-state index in [9.17, 15) is 4.79 Å². The topological polar surface area (TPSA) is 69.8 Å². The maximum Gasteiger partial charge on any atom is 0.228 e. The van der Waals surface area contributed by atoms with Gasteiger partial charge in [0.2, 0.25) is 11.9 Å². The predicted molar refractivity (Wildman–Crippen MR) is 52.9 cm³/mol. The van der Waals surface area contributed by atoms with Crippen molar-refractivity contribution < 1.29 is 4.79 Å². The molecule has 1 unspecified atom stereocenters. The van der Waals surface area contributed by atoms with Crippen LogP contribution in [0.4, 0.5) is 5.95 Å². The third kappa shape index (κ3) is 2.32. The van der Waals surface area contributed by atoms with Gasteiger partial charge in [0.15, 0.2) is 0 Å². The maximum atomic E-state index is 11.5. The number of nitrogens with one attached hydrogen (secondary N) is 3. The van der Waals surface area contributed by atoms with Crippen LogP contribution in [0.5, 0.6) is 0 Å². The molecule has 14 heavy (non-hydrogen) atoms. The van der Waals surface area contributed by atoms with Gasteiger partial charge in [-0.05, 0) is 19.4 Å². The second kappa shape index (κ2) is 4.23. The predicted octanol–water partition coefficient (Wildman–Crippen LogP) is 0.490. The molecule has 1 amide bonds. The number of anilines is 1. The van der Waals surface area contributed by atoms with Crippen molar-refractivity contribution in [3.63, 3.8) is 0 Å². The van der Waals surface area contributed by atoms with Gasteiger partial charge in [-0.2, -0.15) is 0 Å². The Morgan fingerprint density at radius 1 is 1.71 bits per heavy atom. The second-order valence-electron chi connectivity index (χ2n) is 3.48. The molecule has 0 radical (unpaired) electrons. The molecule has 1 aromatic rings. The highest BCUT2D eigenvalue weighted by Crippen LogP contribution is 2.09. The van der Waals surface area contributed by atoms with Crippen molar-refractivity contribution >= 4 is 11.9 Å². The van der Waals surface area contributed by atoms with Gasteiger partial charge in [-0.25, -0.2) is 4.98 Å². The maximum absolute atomic E-state index is 11.5. The lowest BCUT2D eigenvalue weighted by Gasteiger charge is -2.08. The van der Waals surface area contributed by atoms with E-state index in [1.54, 1.807) is 12.4 Å². The first kappa shape index (κ1) is 9.21. The fraction of sp³-hybridized carbons (Fsp3) is 0.556. The van der Waals surface area contributed by atoms with E-state index in [0.29, 0.717) is 18.4 Å². The number of hydrogen-bond donors (Lipinski definition) is 3. The molecular formula is C9H14N4O. The standard InChI is InChI=1S/C9H14N4O/c14-8(6-7-2-1-3-10-7)13-9-11-4-5-12-9/h4-5,7,10H,1-3,6H2,(H2,11,12,13,14). The molecule has 76 valence electrons. The van der Waals surface area contributed by atoms with Gasteiger partial charge in [0.05, 0.1) is 0 Å². The number of carbonyl (C=O) groups excluding carboxylic acids is 1. The van der Waals surface area contributed by atoms with Crippen LogP contribution in [0, 0.1) is 0 Å². The molecule has 1 aliphatic rings. The van der Waals surface area contributed by atoms with Gasteiger partial charge in [0.25, 0.3) is 0 Å². The SMILES string of the molecule is O=C(CC1CCCN1)Nc1ncc[nH]1. The lowest BCUT2D eigenvalue weighted by Crippen LogP contribution is -2.27. The van der Waals surface area contributed by atoms with Crippen molar-refractivity contribution in [2.24, 2.45) is 0 Å². The van der Waals surface area contributed by atoms with Crippen LogP contribution in [0.2, 0.25) is 0 Å². The molecule has 1 fully saturated rings. The minimum absolute atomic E-state index is 0.0133. The smallest absolute Gasteiger partial charge is 0.228 e. The second-order valence-corrected chi connectivity index (χ2v) is 3.48. The Morgan fingerprint density at radius 2 is 2.64 bits per heavy atom. The minimum atomic E-state index is 0.0133. The third-order valence-electron chi connectivity index (χ3n) is 2.35. The van der Waals surface area contributed by atoms with Crippen molar-refractivity contribution in [3.8, 4) is 0 Å². The Morgan fingerprint density at radius 3 is 3.29 bits per heavy atom. The molecule has 2 rings (SSSR count). The lowest BCUT2D eigenvalue weighted by molar-refractivity contribution is -0.116. The van der Waals surface area contributed by atoms with E-state index in [1.165, 1.54) is 6.42 Å². The summed E-state index contributed by atoms with van der Waals surface area (Å²) in [5.41, 5.74) is 0. The summed E-state index contributed by atoms with van der Waals surface area (Å²) in [7, 11) is 0. The Balaban J connectivity index is 1.78. The highest BCUT2D eigenvalue weighted by atomic mass is 16.1. The largest absolute Gasteiger partial charge is 0.331 e. The van der Waals surface area contributed by atoms with Crippen LogP contribution < -0.4 is 10.6 Å². The summed E-state index contributed by atoms with van der Waals surface area (Å²) in [6.45, 7) is 1.03. The number of rotatable bonds is 3. The first-order valence-corrected chi connectivity index (χ1v) is 4.87. The summed E-state index contributed by atoms with van der Waals surface area (Å²) in [4.78, 5) is 18.2. The average molecular weight is 194 g/mol. The van der Waals surface area contributed by atoms with Crippen molar-refractivity contribution in [3.05, 3.63) is 12.4 Å². The normalized spacial score (nSPS) is 21.0. The molecule has 3 N–H and O–H groups in total. The van der Waals surface area contributed by atoms with Gasteiger partial charge in [-0.15, -0.1) is 0 Å². The molecule has 0 spiro atoms. The van der Waals surface area contributed by atoms with E-state index in [2.05, 4.69) is 20.6 Å². The average Bonchev–Trinajstić information content (AvgIpc) is 2.76. The Labute approximate surface area is 82.3 Å². The molecule has 0 saturated carbocycles. The Bertz CT molecular complexity index is 290. The van der Waals surface area contributed by atoms with Gasteiger partial charge >= 0.3 is 0 Å². The zero-order valence-corrected chi connectivity index (χ0v) is 7.92. The van der Waals surface area contributed by atoms with Crippen molar-refractivity contribution in [2.45, 2.75) is 25.3 Å². The summed E-state index contributed by atoms with van der Waals surface area (Å²) in [6.07, 6.45) is 6.08. The summed E-state index contributed by atoms with van der Waals surface area (Å²) in [5, 5.41) is 5.98. The monoisotopic (exact) mass is 194 g/mol. The van der Waals surface area contributed by atoms with Crippen LogP contribution in [0.15, 0.2) is 12.4 Å². The van der Waals surface area contributed by atoms with Crippen molar-refractivity contribution in [2.75, 3.05) is 11.9 Å². The van der Waals surface area contributed by atoms with Crippen LogP contribution >= 0.6 is 0 Å². The van der Waals surface area contributed by atoms with Gasteiger partial charge in [0, 0.05) is 24.9 Å². The number of aromatic nitrogens is 2. The molecule has 5 nitrogen and oxygen atoms in total. The van der Waals surface area contributed by atoms with E-state index in [1.807, 2.05) is 0 Å². The Kier molecular flexibility index (Phi) is 2.78. The number of imidazole rings is 1.